The number of rotatable bonds is 4. The molecule has 1 N–H and O–H groups in total. The topological polar surface area (TPSA) is 86.4 Å². The number of nitrogens with zero attached hydrogens (tertiary/aromatic N) is 3. The lowest BCUT2D eigenvalue weighted by Gasteiger charge is -2.36. The van der Waals surface area contributed by atoms with Gasteiger partial charge in [-0.3, -0.25) is 19.4 Å². The van der Waals surface area contributed by atoms with Gasteiger partial charge in [-0.2, -0.15) is 0 Å². The number of thiophene rings is 1. The first kappa shape index (κ1) is 22.9. The Balaban J connectivity index is 1.24. The zero-order valence-corrected chi connectivity index (χ0v) is 20.6. The fraction of sp³-hybridized carbons (Fsp3) is 0.103. The number of nitrogens with one attached hydrogen (secondary N) is 1. The number of hydrogen-bond acceptors (Lipinski definition) is 5. The second-order valence-corrected chi connectivity index (χ2v) is 9.96. The second-order valence-electron chi connectivity index (χ2n) is 8.88. The van der Waals surface area contributed by atoms with Gasteiger partial charge >= 0.3 is 0 Å². The van der Waals surface area contributed by atoms with E-state index in [0.717, 1.165) is 15.8 Å². The van der Waals surface area contributed by atoms with E-state index in [1.807, 2.05) is 36.4 Å². The van der Waals surface area contributed by atoms with Crippen molar-refractivity contribution in [1.29, 1.82) is 0 Å². The van der Waals surface area contributed by atoms with Crippen molar-refractivity contribution in [3.05, 3.63) is 103 Å². The molecule has 5 aromatic rings. The van der Waals surface area contributed by atoms with Crippen LogP contribution in [0.4, 0.5) is 0 Å². The predicted molar refractivity (Wildman–Crippen MR) is 144 cm³/mol. The lowest BCUT2D eigenvalue weighted by Crippen LogP contribution is -2.50. The molecule has 7 nitrogen and oxygen atoms in total. The van der Waals surface area contributed by atoms with Crippen LogP contribution in [-0.2, 0) is 4.79 Å². The van der Waals surface area contributed by atoms with Crippen molar-refractivity contribution in [3.8, 4) is 10.4 Å². The van der Waals surface area contributed by atoms with Crippen molar-refractivity contribution in [2.45, 2.75) is 0 Å². The van der Waals surface area contributed by atoms with Crippen molar-refractivity contribution in [3.63, 3.8) is 0 Å². The SMILES string of the molecule is C=C1CN(C(=O)c2ccccc2)CCN1C(=O)C(=O)c1c[nH]c2c(-c3cc4ccccc4s3)ccnc12. The second kappa shape index (κ2) is 9.15. The average molecular weight is 507 g/mol. The highest BCUT2D eigenvalue weighted by Crippen LogP contribution is 2.37. The molecule has 1 saturated heterocycles. The Morgan fingerprint density at radius 1 is 0.973 bits per heavy atom. The monoisotopic (exact) mass is 506 g/mol. The lowest BCUT2D eigenvalue weighted by molar-refractivity contribution is -0.125. The van der Waals surface area contributed by atoms with Crippen LogP contribution in [0.3, 0.4) is 0 Å². The summed E-state index contributed by atoms with van der Waals surface area (Å²) in [5, 5.41) is 1.15. The number of aromatic amines is 1. The standard InChI is InChI=1S/C29H22N4O3S/c1-18-17-32(28(35)19-7-3-2-4-8-19)13-14-33(18)29(36)27(34)22-16-31-25-21(11-12-30-26(22)25)24-15-20-9-5-6-10-23(20)37-24/h2-12,15-16,31H,1,13-14,17H2. The van der Waals surface area contributed by atoms with Crippen LogP contribution in [0, 0.1) is 0 Å². The summed E-state index contributed by atoms with van der Waals surface area (Å²) in [6.07, 6.45) is 3.21. The molecule has 37 heavy (non-hydrogen) atoms. The van der Waals surface area contributed by atoms with Gasteiger partial charge in [-0.15, -0.1) is 11.3 Å². The molecule has 6 rings (SSSR count). The number of pyridine rings is 1. The molecule has 0 bridgehead atoms. The van der Waals surface area contributed by atoms with Gasteiger partial charge in [0.1, 0.15) is 0 Å². The van der Waals surface area contributed by atoms with Crippen LogP contribution >= 0.6 is 11.3 Å². The van der Waals surface area contributed by atoms with Gasteiger partial charge in [0.2, 0.25) is 0 Å². The number of aromatic nitrogens is 2. The first-order valence-electron chi connectivity index (χ1n) is 11.8. The maximum atomic E-state index is 13.3. The molecular formula is C29H22N4O3S. The minimum absolute atomic E-state index is 0.130. The quantitative estimate of drug-likeness (QED) is 0.271. The van der Waals surface area contributed by atoms with Gasteiger partial charge in [0.15, 0.2) is 0 Å². The third-order valence-corrected chi connectivity index (χ3v) is 7.75. The molecule has 0 spiro atoms. The lowest BCUT2D eigenvalue weighted by atomic mass is 10.1. The van der Waals surface area contributed by atoms with Crippen LogP contribution in [0.15, 0.2) is 91.4 Å². The predicted octanol–water partition coefficient (Wildman–Crippen LogP) is 5.13. The molecule has 0 aliphatic carbocycles. The molecular weight excluding hydrogens is 484 g/mol. The molecule has 0 saturated carbocycles. The van der Waals surface area contributed by atoms with E-state index in [1.165, 1.54) is 9.60 Å². The first-order valence-corrected chi connectivity index (χ1v) is 12.7. The van der Waals surface area contributed by atoms with E-state index in [4.69, 9.17) is 0 Å². The van der Waals surface area contributed by atoms with Crippen molar-refractivity contribution in [2.75, 3.05) is 19.6 Å². The van der Waals surface area contributed by atoms with E-state index < -0.39 is 11.7 Å². The molecule has 1 aliphatic rings. The Morgan fingerprint density at radius 2 is 1.76 bits per heavy atom. The highest BCUT2D eigenvalue weighted by molar-refractivity contribution is 7.22. The molecule has 3 aromatic heterocycles. The molecule has 182 valence electrons. The molecule has 0 unspecified atom stereocenters. The van der Waals surface area contributed by atoms with Gasteiger partial charge in [0.05, 0.1) is 23.1 Å². The molecule has 2 amide bonds. The number of fused-ring (bicyclic) bond motifs is 2. The van der Waals surface area contributed by atoms with E-state index in [9.17, 15) is 14.4 Å². The number of Topliss-reactive ketones (excluding diaryl/α,β-unsaturated/α-hetero) is 1. The van der Waals surface area contributed by atoms with E-state index >= 15 is 0 Å². The summed E-state index contributed by atoms with van der Waals surface area (Å²) < 4.78 is 1.17. The average Bonchev–Trinajstić information content (AvgIpc) is 3.57. The van der Waals surface area contributed by atoms with E-state index in [2.05, 4.69) is 34.7 Å². The maximum Gasteiger partial charge on any atom is 0.299 e. The van der Waals surface area contributed by atoms with Crippen LogP contribution in [0.2, 0.25) is 0 Å². The summed E-state index contributed by atoms with van der Waals surface area (Å²) in [4.78, 5) is 51.0. The molecule has 1 aliphatic heterocycles. The third kappa shape index (κ3) is 4.01. The number of carbonyl (C=O) groups excluding carboxylic acids is 3. The fourth-order valence-electron chi connectivity index (χ4n) is 4.70. The summed E-state index contributed by atoms with van der Waals surface area (Å²) in [5.74, 6) is -1.46. The number of ketones is 1. The van der Waals surface area contributed by atoms with Crippen LogP contribution < -0.4 is 0 Å². The number of amides is 2. The van der Waals surface area contributed by atoms with E-state index in [1.54, 1.807) is 40.8 Å². The van der Waals surface area contributed by atoms with Crippen molar-refractivity contribution >= 4 is 50.1 Å². The van der Waals surface area contributed by atoms with Crippen molar-refractivity contribution < 1.29 is 14.4 Å². The Morgan fingerprint density at radius 3 is 2.54 bits per heavy atom. The largest absolute Gasteiger partial charge is 0.359 e. The maximum absolute atomic E-state index is 13.3. The van der Waals surface area contributed by atoms with Gasteiger partial charge in [0.25, 0.3) is 17.6 Å². The normalized spacial score (nSPS) is 13.9. The highest BCUT2D eigenvalue weighted by Gasteiger charge is 2.32. The van der Waals surface area contributed by atoms with Crippen molar-refractivity contribution in [2.24, 2.45) is 0 Å². The van der Waals surface area contributed by atoms with Crippen LogP contribution in [0.5, 0.6) is 0 Å². The molecule has 8 heteroatoms. The summed E-state index contributed by atoms with van der Waals surface area (Å²) >= 11 is 1.66. The minimum atomic E-state index is -0.674. The Kier molecular flexibility index (Phi) is 5.65. The van der Waals surface area contributed by atoms with Gasteiger partial charge in [-0.1, -0.05) is 43.0 Å². The Bertz CT molecular complexity index is 1670. The molecule has 1 fully saturated rings. The first-order chi connectivity index (χ1) is 18.0. The molecule has 0 radical (unpaired) electrons. The molecule has 4 heterocycles. The van der Waals surface area contributed by atoms with Crippen LogP contribution in [0.1, 0.15) is 20.7 Å². The zero-order chi connectivity index (χ0) is 25.5. The van der Waals surface area contributed by atoms with E-state index in [0.29, 0.717) is 28.8 Å². The summed E-state index contributed by atoms with van der Waals surface area (Å²) in [6.45, 7) is 4.67. The highest BCUT2D eigenvalue weighted by atomic mass is 32.1. The van der Waals surface area contributed by atoms with E-state index in [-0.39, 0.29) is 24.6 Å². The third-order valence-electron chi connectivity index (χ3n) is 6.60. The van der Waals surface area contributed by atoms with Crippen LogP contribution in [-0.4, -0.2) is 57.0 Å². The minimum Gasteiger partial charge on any atom is -0.359 e. The molecule has 0 atom stereocenters. The number of benzene rings is 2. The Labute approximate surface area is 216 Å². The van der Waals surface area contributed by atoms with Crippen LogP contribution in [0.25, 0.3) is 31.6 Å². The zero-order valence-electron chi connectivity index (χ0n) is 19.8. The number of hydrogen-bond donors (Lipinski definition) is 1. The Hall–Kier alpha value is -4.56. The molecule has 2 aromatic carbocycles. The summed E-state index contributed by atoms with van der Waals surface area (Å²) in [6, 6.07) is 21.1. The van der Waals surface area contributed by atoms with Crippen molar-refractivity contribution in [1.82, 2.24) is 19.8 Å². The smallest absolute Gasteiger partial charge is 0.299 e. The number of carbonyl (C=O) groups is 3. The summed E-state index contributed by atoms with van der Waals surface area (Å²) in [7, 11) is 0. The van der Waals surface area contributed by atoms with Gasteiger partial charge in [0, 0.05) is 51.9 Å². The number of H-pyrrole nitrogens is 1. The van der Waals surface area contributed by atoms with Gasteiger partial charge in [-0.05, 0) is 35.7 Å². The number of piperazine rings is 1. The van der Waals surface area contributed by atoms with Gasteiger partial charge < -0.3 is 14.8 Å². The summed E-state index contributed by atoms with van der Waals surface area (Å²) in [5.41, 5.74) is 3.30. The fourth-order valence-corrected chi connectivity index (χ4v) is 5.80. The van der Waals surface area contributed by atoms with Gasteiger partial charge in [-0.25, -0.2) is 0 Å².